The van der Waals surface area contributed by atoms with Crippen molar-refractivity contribution in [3.63, 3.8) is 0 Å². The van der Waals surface area contributed by atoms with Crippen LogP contribution in [0.3, 0.4) is 0 Å². The Morgan fingerprint density at radius 1 is 1.32 bits per heavy atom. The van der Waals surface area contributed by atoms with Crippen LogP contribution in [0.15, 0.2) is 28.0 Å². The molecule has 0 saturated heterocycles. The maximum absolute atomic E-state index is 5.86. The van der Waals surface area contributed by atoms with Crippen LogP contribution in [0.4, 0.5) is 5.82 Å². The monoisotopic (exact) mass is 301 g/mol. The van der Waals surface area contributed by atoms with Gasteiger partial charge in [-0.25, -0.2) is 4.63 Å². The quantitative estimate of drug-likeness (QED) is 0.506. The van der Waals surface area contributed by atoms with E-state index < -0.39 is 0 Å². The fourth-order valence-corrected chi connectivity index (χ4v) is 1.54. The van der Waals surface area contributed by atoms with Gasteiger partial charge in [0.05, 0.1) is 10.0 Å². The molecule has 9 heteroatoms. The molecule has 0 fully saturated rings. The predicted molar refractivity (Wildman–Crippen MR) is 70.7 cm³/mol. The molecule has 100 valence electrons. The summed E-state index contributed by atoms with van der Waals surface area (Å²) in [7, 11) is 0. The molecule has 0 atom stereocenters. The van der Waals surface area contributed by atoms with Crippen LogP contribution in [-0.4, -0.2) is 16.1 Å². The van der Waals surface area contributed by atoms with Gasteiger partial charge >= 0.3 is 0 Å². The average molecular weight is 302 g/mol. The molecule has 0 spiro atoms. The largest absolute Gasteiger partial charge is 0.389 e. The summed E-state index contributed by atoms with van der Waals surface area (Å²) >= 11 is 11.7. The van der Waals surface area contributed by atoms with Gasteiger partial charge in [-0.2, -0.15) is 0 Å². The zero-order valence-electron chi connectivity index (χ0n) is 9.51. The van der Waals surface area contributed by atoms with E-state index in [1.165, 1.54) is 0 Å². The third kappa shape index (κ3) is 3.27. The van der Waals surface area contributed by atoms with Crippen molar-refractivity contribution >= 4 is 34.9 Å². The number of nitrogens with zero attached hydrogens (tertiary/aromatic N) is 3. The first-order valence-electron chi connectivity index (χ1n) is 5.05. The first kappa shape index (κ1) is 13.4. The van der Waals surface area contributed by atoms with Crippen LogP contribution in [0.1, 0.15) is 11.3 Å². The first-order chi connectivity index (χ1) is 9.08. The maximum Gasteiger partial charge on any atom is 0.199 e. The molecule has 0 aliphatic heterocycles. The van der Waals surface area contributed by atoms with Crippen molar-refractivity contribution in [1.82, 2.24) is 10.3 Å². The molecular formula is C10H9Cl2N5O2. The van der Waals surface area contributed by atoms with Crippen LogP contribution >= 0.6 is 23.2 Å². The Kier molecular flexibility index (Phi) is 4.08. The molecule has 0 saturated carbocycles. The lowest BCUT2D eigenvalue weighted by atomic mass is 10.2. The van der Waals surface area contributed by atoms with Gasteiger partial charge in [0.25, 0.3) is 0 Å². The van der Waals surface area contributed by atoms with Gasteiger partial charge in [-0.15, -0.1) is 0 Å². The van der Waals surface area contributed by atoms with Gasteiger partial charge in [0.1, 0.15) is 6.61 Å². The minimum atomic E-state index is -0.0289. The molecule has 1 aromatic heterocycles. The predicted octanol–water partition coefficient (Wildman–Crippen LogP) is 1.80. The SMILES string of the molecule is NC(=NOCc1ccc(Cl)c(Cl)c1)c1nonc1N. The lowest BCUT2D eigenvalue weighted by Gasteiger charge is -2.02. The van der Waals surface area contributed by atoms with Crippen molar-refractivity contribution in [2.75, 3.05) is 5.73 Å². The topological polar surface area (TPSA) is 113 Å². The molecular weight excluding hydrogens is 293 g/mol. The molecule has 1 heterocycles. The molecule has 0 amide bonds. The van der Waals surface area contributed by atoms with Gasteiger partial charge in [0.2, 0.25) is 0 Å². The normalized spacial score (nSPS) is 11.6. The van der Waals surface area contributed by atoms with E-state index in [9.17, 15) is 0 Å². The summed E-state index contributed by atoms with van der Waals surface area (Å²) in [4.78, 5) is 5.05. The molecule has 19 heavy (non-hydrogen) atoms. The Labute approximate surface area is 118 Å². The fraction of sp³-hybridized carbons (Fsp3) is 0.100. The number of hydrogen-bond donors (Lipinski definition) is 2. The van der Waals surface area contributed by atoms with Gasteiger partial charge in [-0.05, 0) is 28.0 Å². The molecule has 0 aliphatic rings. The standard InChI is InChI=1S/C10H9Cl2N5O2/c11-6-2-1-5(3-7(6)12)4-18-16-9(13)8-10(14)17-19-15-8/h1-3H,4H2,(H2,13,16)(H2,14,17). The number of aromatic nitrogens is 2. The average Bonchev–Trinajstić information content (AvgIpc) is 2.80. The molecule has 0 radical (unpaired) electrons. The van der Waals surface area contributed by atoms with Crippen LogP contribution in [0, 0.1) is 0 Å². The van der Waals surface area contributed by atoms with E-state index in [-0.39, 0.29) is 24.0 Å². The maximum atomic E-state index is 5.86. The smallest absolute Gasteiger partial charge is 0.199 e. The van der Waals surface area contributed by atoms with Crippen molar-refractivity contribution in [1.29, 1.82) is 0 Å². The van der Waals surface area contributed by atoms with Crippen LogP contribution in [0.5, 0.6) is 0 Å². The highest BCUT2D eigenvalue weighted by Crippen LogP contribution is 2.22. The lowest BCUT2D eigenvalue weighted by molar-refractivity contribution is 0.130. The Balaban J connectivity index is 1.99. The van der Waals surface area contributed by atoms with E-state index in [1.807, 2.05) is 0 Å². The van der Waals surface area contributed by atoms with E-state index in [2.05, 4.69) is 20.1 Å². The Bertz CT molecular complexity index is 614. The molecule has 4 N–H and O–H groups in total. The zero-order chi connectivity index (χ0) is 13.8. The van der Waals surface area contributed by atoms with Crippen LogP contribution < -0.4 is 11.5 Å². The lowest BCUT2D eigenvalue weighted by Crippen LogP contribution is -2.16. The minimum absolute atomic E-state index is 0.0289. The second kappa shape index (κ2) is 5.77. The molecule has 0 unspecified atom stereocenters. The highest BCUT2D eigenvalue weighted by molar-refractivity contribution is 6.42. The summed E-state index contributed by atoms with van der Waals surface area (Å²) in [5, 5.41) is 11.4. The molecule has 7 nitrogen and oxygen atoms in total. The third-order valence-electron chi connectivity index (χ3n) is 2.13. The van der Waals surface area contributed by atoms with Gasteiger partial charge in [0, 0.05) is 0 Å². The number of benzene rings is 1. The Morgan fingerprint density at radius 2 is 2.11 bits per heavy atom. The van der Waals surface area contributed by atoms with E-state index >= 15 is 0 Å². The van der Waals surface area contributed by atoms with Gasteiger partial charge in [-0.1, -0.05) is 34.4 Å². The number of oxime groups is 1. The molecule has 0 bridgehead atoms. The van der Waals surface area contributed by atoms with Crippen molar-refractivity contribution in [2.24, 2.45) is 10.9 Å². The minimum Gasteiger partial charge on any atom is -0.389 e. The highest BCUT2D eigenvalue weighted by Gasteiger charge is 2.11. The number of nitrogens with two attached hydrogens (primary N) is 2. The van der Waals surface area contributed by atoms with Crippen molar-refractivity contribution in [3.05, 3.63) is 39.5 Å². The van der Waals surface area contributed by atoms with E-state index in [0.29, 0.717) is 10.0 Å². The molecule has 0 aliphatic carbocycles. The van der Waals surface area contributed by atoms with E-state index in [4.69, 9.17) is 39.5 Å². The highest BCUT2D eigenvalue weighted by atomic mass is 35.5. The number of nitrogen functional groups attached to an aromatic ring is 1. The molecule has 2 aromatic rings. The second-order valence-corrected chi connectivity index (χ2v) is 4.31. The Morgan fingerprint density at radius 3 is 2.74 bits per heavy atom. The number of halogens is 2. The number of anilines is 1. The van der Waals surface area contributed by atoms with Gasteiger partial charge in [-0.3, -0.25) is 0 Å². The summed E-state index contributed by atoms with van der Waals surface area (Å²) in [6.07, 6.45) is 0. The third-order valence-corrected chi connectivity index (χ3v) is 2.87. The van der Waals surface area contributed by atoms with Gasteiger partial charge < -0.3 is 16.3 Å². The second-order valence-electron chi connectivity index (χ2n) is 3.50. The fourth-order valence-electron chi connectivity index (χ4n) is 1.22. The van der Waals surface area contributed by atoms with Crippen molar-refractivity contribution < 1.29 is 9.47 Å². The van der Waals surface area contributed by atoms with Crippen LogP contribution in [-0.2, 0) is 11.4 Å². The van der Waals surface area contributed by atoms with Crippen molar-refractivity contribution in [2.45, 2.75) is 6.61 Å². The van der Waals surface area contributed by atoms with Crippen LogP contribution in [0.2, 0.25) is 10.0 Å². The number of rotatable bonds is 4. The molecule has 1 aromatic carbocycles. The summed E-state index contributed by atoms with van der Waals surface area (Å²) in [6, 6.07) is 5.09. The summed E-state index contributed by atoms with van der Waals surface area (Å²) in [5.41, 5.74) is 12.0. The summed E-state index contributed by atoms with van der Waals surface area (Å²) in [5.74, 6) is 0.0122. The first-order valence-corrected chi connectivity index (χ1v) is 5.81. The number of amidine groups is 1. The number of hydrogen-bond acceptors (Lipinski definition) is 6. The van der Waals surface area contributed by atoms with E-state index in [0.717, 1.165) is 5.56 Å². The van der Waals surface area contributed by atoms with Crippen molar-refractivity contribution in [3.8, 4) is 0 Å². The summed E-state index contributed by atoms with van der Waals surface area (Å²) in [6.45, 7) is 0.169. The van der Waals surface area contributed by atoms with Gasteiger partial charge in [0.15, 0.2) is 17.3 Å². The Hall–Kier alpha value is -1.99. The van der Waals surface area contributed by atoms with E-state index in [1.54, 1.807) is 18.2 Å². The van der Waals surface area contributed by atoms with Crippen LogP contribution in [0.25, 0.3) is 0 Å². The molecule has 2 rings (SSSR count). The summed E-state index contributed by atoms with van der Waals surface area (Å²) < 4.78 is 4.39. The zero-order valence-corrected chi connectivity index (χ0v) is 11.0.